The smallest absolute Gasteiger partial charge is 0.270 e. The molecular formula is C14H16N2O2. The molecule has 2 atom stereocenters. The molecule has 1 aliphatic heterocycles. The summed E-state index contributed by atoms with van der Waals surface area (Å²) >= 11 is 0. The van der Waals surface area contributed by atoms with Crippen molar-refractivity contribution in [2.24, 2.45) is 5.92 Å². The minimum Gasteiger partial charge on any atom is -0.270 e. The first-order valence-corrected chi connectivity index (χ1v) is 6.53. The third-order valence-electron chi connectivity index (χ3n) is 4.08. The Morgan fingerprint density at radius 3 is 2.72 bits per heavy atom. The summed E-state index contributed by atoms with van der Waals surface area (Å²) in [7, 11) is 0. The number of hydrogen-bond acceptors (Lipinski definition) is 3. The SMILES string of the molecule is CC1CCCCC1N1C(=O)c2cccnc2C1=O. The van der Waals surface area contributed by atoms with E-state index in [4.69, 9.17) is 0 Å². The van der Waals surface area contributed by atoms with Crippen molar-refractivity contribution in [1.29, 1.82) is 0 Å². The van der Waals surface area contributed by atoms with Gasteiger partial charge in [0.25, 0.3) is 11.8 Å². The Morgan fingerprint density at radius 1 is 1.22 bits per heavy atom. The second-order valence-corrected chi connectivity index (χ2v) is 5.21. The highest BCUT2D eigenvalue weighted by atomic mass is 16.2. The number of pyridine rings is 1. The van der Waals surface area contributed by atoms with Gasteiger partial charge in [0.15, 0.2) is 0 Å². The van der Waals surface area contributed by atoms with Crippen LogP contribution in [0.1, 0.15) is 53.5 Å². The Labute approximate surface area is 106 Å². The fourth-order valence-electron chi connectivity index (χ4n) is 3.07. The third kappa shape index (κ3) is 1.55. The van der Waals surface area contributed by atoms with Gasteiger partial charge in [0, 0.05) is 12.2 Å². The van der Waals surface area contributed by atoms with Gasteiger partial charge in [0.1, 0.15) is 5.69 Å². The van der Waals surface area contributed by atoms with Crippen molar-refractivity contribution < 1.29 is 9.59 Å². The van der Waals surface area contributed by atoms with Crippen molar-refractivity contribution in [3.05, 3.63) is 29.6 Å². The summed E-state index contributed by atoms with van der Waals surface area (Å²) in [6, 6.07) is 3.45. The van der Waals surface area contributed by atoms with Crippen LogP contribution < -0.4 is 0 Å². The number of rotatable bonds is 1. The van der Waals surface area contributed by atoms with Gasteiger partial charge in [0.05, 0.1) is 5.56 Å². The van der Waals surface area contributed by atoms with E-state index in [9.17, 15) is 9.59 Å². The first-order valence-electron chi connectivity index (χ1n) is 6.53. The molecular weight excluding hydrogens is 228 g/mol. The van der Waals surface area contributed by atoms with Crippen LogP contribution in [0.2, 0.25) is 0 Å². The zero-order valence-electron chi connectivity index (χ0n) is 10.4. The molecule has 0 bridgehead atoms. The Morgan fingerprint density at radius 2 is 2.00 bits per heavy atom. The van der Waals surface area contributed by atoms with E-state index in [2.05, 4.69) is 11.9 Å². The zero-order chi connectivity index (χ0) is 12.7. The molecule has 2 heterocycles. The van der Waals surface area contributed by atoms with E-state index in [1.165, 1.54) is 11.3 Å². The minimum absolute atomic E-state index is 0.0490. The molecule has 1 aromatic heterocycles. The van der Waals surface area contributed by atoms with Crippen molar-refractivity contribution in [2.45, 2.75) is 38.6 Å². The Kier molecular flexibility index (Phi) is 2.65. The molecule has 1 aromatic rings. The number of imide groups is 1. The predicted octanol–water partition coefficient (Wildman–Crippen LogP) is 2.26. The molecule has 0 saturated heterocycles. The summed E-state index contributed by atoms with van der Waals surface area (Å²) < 4.78 is 0. The quantitative estimate of drug-likeness (QED) is 0.712. The van der Waals surface area contributed by atoms with E-state index in [-0.39, 0.29) is 17.9 Å². The lowest BCUT2D eigenvalue weighted by molar-refractivity contribution is 0.0484. The highest BCUT2D eigenvalue weighted by Gasteiger charge is 2.42. The van der Waals surface area contributed by atoms with Crippen molar-refractivity contribution in [3.8, 4) is 0 Å². The lowest BCUT2D eigenvalue weighted by atomic mass is 9.85. The molecule has 1 aliphatic carbocycles. The monoisotopic (exact) mass is 244 g/mol. The van der Waals surface area contributed by atoms with Crippen molar-refractivity contribution >= 4 is 11.8 Å². The lowest BCUT2D eigenvalue weighted by Gasteiger charge is -2.34. The van der Waals surface area contributed by atoms with Crippen LogP contribution in [0.15, 0.2) is 18.3 Å². The van der Waals surface area contributed by atoms with Crippen LogP contribution in [0.3, 0.4) is 0 Å². The maximum atomic E-state index is 12.3. The second kappa shape index (κ2) is 4.19. The van der Waals surface area contributed by atoms with Crippen LogP contribution in [0.25, 0.3) is 0 Å². The van der Waals surface area contributed by atoms with Crippen LogP contribution >= 0.6 is 0 Å². The first-order chi connectivity index (χ1) is 8.70. The van der Waals surface area contributed by atoms with Crippen LogP contribution in [-0.2, 0) is 0 Å². The number of hydrogen-bond donors (Lipinski definition) is 0. The molecule has 1 saturated carbocycles. The van der Waals surface area contributed by atoms with Gasteiger partial charge in [-0.2, -0.15) is 0 Å². The molecule has 4 nitrogen and oxygen atoms in total. The van der Waals surface area contributed by atoms with E-state index in [0.717, 1.165) is 19.3 Å². The standard InChI is InChI=1S/C14H16N2O2/c1-9-5-2-3-7-11(9)16-13(17)10-6-4-8-15-12(10)14(16)18/h4,6,8-9,11H,2-3,5,7H2,1H3. The van der Waals surface area contributed by atoms with E-state index >= 15 is 0 Å². The summed E-state index contributed by atoms with van der Waals surface area (Å²) in [6.45, 7) is 2.13. The largest absolute Gasteiger partial charge is 0.280 e. The summed E-state index contributed by atoms with van der Waals surface area (Å²) in [5.41, 5.74) is 0.778. The molecule has 2 unspecified atom stereocenters. The number of carbonyl (C=O) groups excluding carboxylic acids is 2. The molecule has 0 aromatic carbocycles. The van der Waals surface area contributed by atoms with E-state index < -0.39 is 0 Å². The van der Waals surface area contributed by atoms with Crippen molar-refractivity contribution in [2.75, 3.05) is 0 Å². The van der Waals surface area contributed by atoms with Crippen LogP contribution in [0.5, 0.6) is 0 Å². The molecule has 2 aliphatic rings. The van der Waals surface area contributed by atoms with Gasteiger partial charge >= 0.3 is 0 Å². The molecule has 0 spiro atoms. The topological polar surface area (TPSA) is 50.3 Å². The van der Waals surface area contributed by atoms with Gasteiger partial charge in [-0.1, -0.05) is 19.8 Å². The van der Waals surface area contributed by atoms with Gasteiger partial charge in [-0.15, -0.1) is 0 Å². The van der Waals surface area contributed by atoms with Crippen LogP contribution in [-0.4, -0.2) is 27.7 Å². The molecule has 18 heavy (non-hydrogen) atoms. The van der Waals surface area contributed by atoms with Gasteiger partial charge in [0.2, 0.25) is 0 Å². The molecule has 2 amide bonds. The Hall–Kier alpha value is -1.71. The number of fused-ring (bicyclic) bond motifs is 1. The number of nitrogens with zero attached hydrogens (tertiary/aromatic N) is 2. The van der Waals surface area contributed by atoms with Gasteiger partial charge in [-0.25, -0.2) is 0 Å². The van der Waals surface area contributed by atoms with Crippen molar-refractivity contribution in [1.82, 2.24) is 9.88 Å². The number of amides is 2. The average molecular weight is 244 g/mol. The normalized spacial score (nSPS) is 27.5. The molecule has 0 radical (unpaired) electrons. The second-order valence-electron chi connectivity index (χ2n) is 5.21. The van der Waals surface area contributed by atoms with E-state index in [0.29, 0.717) is 17.2 Å². The highest BCUT2D eigenvalue weighted by molar-refractivity contribution is 6.20. The fraction of sp³-hybridized carbons (Fsp3) is 0.500. The third-order valence-corrected chi connectivity index (χ3v) is 4.08. The zero-order valence-corrected chi connectivity index (χ0v) is 10.4. The van der Waals surface area contributed by atoms with E-state index in [1.54, 1.807) is 18.3 Å². The molecule has 3 rings (SSSR count). The Balaban J connectivity index is 1.96. The number of carbonyl (C=O) groups is 2. The summed E-state index contributed by atoms with van der Waals surface area (Å²) in [4.78, 5) is 30.1. The average Bonchev–Trinajstić information content (AvgIpc) is 2.64. The van der Waals surface area contributed by atoms with Crippen LogP contribution in [0.4, 0.5) is 0 Å². The lowest BCUT2D eigenvalue weighted by Crippen LogP contribution is -2.45. The number of aromatic nitrogens is 1. The molecule has 1 fully saturated rings. The highest BCUT2D eigenvalue weighted by Crippen LogP contribution is 2.33. The van der Waals surface area contributed by atoms with Crippen LogP contribution in [0, 0.1) is 5.92 Å². The van der Waals surface area contributed by atoms with Gasteiger partial charge in [-0.3, -0.25) is 19.5 Å². The molecule has 4 heteroatoms. The van der Waals surface area contributed by atoms with E-state index in [1.807, 2.05) is 0 Å². The summed E-state index contributed by atoms with van der Waals surface area (Å²) in [5, 5.41) is 0. The maximum Gasteiger partial charge on any atom is 0.280 e. The maximum absolute atomic E-state index is 12.3. The summed E-state index contributed by atoms with van der Waals surface area (Å²) in [6.07, 6.45) is 5.87. The Bertz CT molecular complexity index is 477. The van der Waals surface area contributed by atoms with Gasteiger partial charge < -0.3 is 0 Å². The first kappa shape index (κ1) is 11.4. The van der Waals surface area contributed by atoms with Gasteiger partial charge in [-0.05, 0) is 30.9 Å². The summed E-state index contributed by atoms with van der Waals surface area (Å²) in [5.74, 6) is 0.0113. The molecule has 94 valence electrons. The predicted molar refractivity (Wildman–Crippen MR) is 66.2 cm³/mol. The van der Waals surface area contributed by atoms with Crippen molar-refractivity contribution in [3.63, 3.8) is 0 Å². The fourth-order valence-corrected chi connectivity index (χ4v) is 3.07. The molecule has 0 N–H and O–H groups in total. The minimum atomic E-state index is -0.214.